The summed E-state index contributed by atoms with van der Waals surface area (Å²) in [5, 5.41) is 0. The van der Waals surface area contributed by atoms with E-state index in [1.165, 1.54) is 66.8 Å². The van der Waals surface area contributed by atoms with Gasteiger partial charge in [0.2, 0.25) is 0 Å². The Hall–Kier alpha value is -4.68. The molecule has 0 heterocycles. The minimum Gasteiger partial charge on any atom is -0.0619 e. The Morgan fingerprint density at radius 3 is 0.553 bits per heavy atom. The fourth-order valence-electron chi connectivity index (χ4n) is 8.35. The molecule has 0 spiro atoms. The standard InChI is InChI=1S/C38H24/c1-7-19-31-25(13-1)26-14-2-8-20-32(26)38-35-23-11-5-17-29(35)27-15-3-9-21-33(27)37(31,38)34-22-10-4-16-28(34)30-18-6-12-24-36(30)38/h1-24H. The van der Waals surface area contributed by atoms with Crippen LogP contribution in [0, 0.1) is 0 Å². The quantitative estimate of drug-likeness (QED) is 0.203. The predicted octanol–water partition coefficient (Wildman–Crippen LogP) is 9.00. The molecule has 0 aliphatic heterocycles. The molecule has 3 aliphatic rings. The van der Waals surface area contributed by atoms with E-state index in [9.17, 15) is 0 Å². The Morgan fingerprint density at radius 1 is 0.211 bits per heavy atom. The molecule has 6 aromatic carbocycles. The van der Waals surface area contributed by atoms with Gasteiger partial charge in [0, 0.05) is 0 Å². The van der Waals surface area contributed by atoms with Crippen molar-refractivity contribution in [2.24, 2.45) is 0 Å². The molecule has 9 rings (SSSR count). The van der Waals surface area contributed by atoms with Gasteiger partial charge >= 0.3 is 0 Å². The zero-order valence-electron chi connectivity index (χ0n) is 20.9. The molecule has 0 N–H and O–H groups in total. The summed E-state index contributed by atoms with van der Waals surface area (Å²) < 4.78 is 0. The van der Waals surface area contributed by atoms with Crippen molar-refractivity contribution in [2.45, 2.75) is 10.8 Å². The van der Waals surface area contributed by atoms with Crippen LogP contribution in [0.4, 0.5) is 0 Å². The van der Waals surface area contributed by atoms with Crippen LogP contribution in [-0.4, -0.2) is 0 Å². The zero-order chi connectivity index (χ0) is 24.9. The minimum absolute atomic E-state index is 0.423. The number of rotatable bonds is 0. The first-order chi connectivity index (χ1) is 18.9. The Kier molecular flexibility index (Phi) is 3.75. The summed E-state index contributed by atoms with van der Waals surface area (Å²) in [4.78, 5) is 0. The largest absolute Gasteiger partial charge is 0.0647 e. The molecule has 38 heavy (non-hydrogen) atoms. The molecule has 0 radical (unpaired) electrons. The highest BCUT2D eigenvalue weighted by molar-refractivity contribution is 5.98. The van der Waals surface area contributed by atoms with Crippen LogP contribution in [-0.2, 0) is 10.8 Å². The van der Waals surface area contributed by atoms with Crippen molar-refractivity contribution < 1.29 is 0 Å². The van der Waals surface area contributed by atoms with Crippen LogP contribution < -0.4 is 0 Å². The van der Waals surface area contributed by atoms with Crippen LogP contribution in [0.3, 0.4) is 0 Å². The topological polar surface area (TPSA) is 0 Å². The lowest BCUT2D eigenvalue weighted by Crippen LogP contribution is -2.58. The summed E-state index contributed by atoms with van der Waals surface area (Å²) in [5.41, 5.74) is 15.5. The number of benzene rings is 6. The Morgan fingerprint density at radius 2 is 0.368 bits per heavy atom. The van der Waals surface area contributed by atoms with Crippen LogP contribution in [0.1, 0.15) is 33.4 Å². The van der Waals surface area contributed by atoms with Crippen molar-refractivity contribution >= 4 is 0 Å². The summed E-state index contributed by atoms with van der Waals surface area (Å²) >= 11 is 0. The van der Waals surface area contributed by atoms with E-state index in [-0.39, 0.29) is 0 Å². The van der Waals surface area contributed by atoms with Gasteiger partial charge < -0.3 is 0 Å². The second-order valence-electron chi connectivity index (χ2n) is 10.8. The average Bonchev–Trinajstić information content (AvgIpc) is 3.01. The minimum atomic E-state index is -0.423. The van der Waals surface area contributed by atoms with Crippen LogP contribution in [0.2, 0.25) is 0 Å². The van der Waals surface area contributed by atoms with Crippen molar-refractivity contribution in [3.8, 4) is 33.4 Å². The highest BCUT2D eigenvalue weighted by Gasteiger charge is 2.66. The van der Waals surface area contributed by atoms with Gasteiger partial charge in [-0.15, -0.1) is 0 Å². The SMILES string of the molecule is c1ccc2c(c1)-c1ccccc1C13c4ccccc4-c4ccccc4C21c1ccccc1-c1ccccc13. The first-order valence-corrected chi connectivity index (χ1v) is 13.5. The third-order valence-corrected chi connectivity index (χ3v) is 9.42. The lowest BCUT2D eigenvalue weighted by molar-refractivity contribution is 0.405. The molecule has 176 valence electrons. The van der Waals surface area contributed by atoms with Gasteiger partial charge in [-0.1, -0.05) is 146 Å². The third kappa shape index (κ3) is 2.06. The number of hydrogen-bond acceptors (Lipinski definition) is 0. The molecule has 6 aromatic rings. The molecule has 0 atom stereocenters. The maximum Gasteiger partial charge on any atom is 0.0647 e. The predicted molar refractivity (Wildman–Crippen MR) is 155 cm³/mol. The first-order valence-electron chi connectivity index (χ1n) is 13.5. The highest BCUT2D eigenvalue weighted by Crippen LogP contribution is 2.72. The average molecular weight is 481 g/mol. The van der Waals surface area contributed by atoms with E-state index >= 15 is 0 Å². The summed E-state index contributed by atoms with van der Waals surface area (Å²) in [6, 6.07) is 55.0. The van der Waals surface area contributed by atoms with E-state index in [2.05, 4.69) is 146 Å². The van der Waals surface area contributed by atoms with Crippen LogP contribution in [0.5, 0.6) is 0 Å². The van der Waals surface area contributed by atoms with E-state index in [1.54, 1.807) is 0 Å². The molecule has 0 aromatic heterocycles. The molecule has 0 unspecified atom stereocenters. The zero-order valence-corrected chi connectivity index (χ0v) is 20.9. The summed E-state index contributed by atoms with van der Waals surface area (Å²) in [6.45, 7) is 0. The molecular formula is C38H24. The van der Waals surface area contributed by atoms with Crippen LogP contribution >= 0.6 is 0 Å². The third-order valence-electron chi connectivity index (χ3n) is 9.42. The lowest BCUT2D eigenvalue weighted by Gasteiger charge is -2.62. The van der Waals surface area contributed by atoms with E-state index in [1.807, 2.05) is 0 Å². The molecule has 0 nitrogen and oxygen atoms in total. The van der Waals surface area contributed by atoms with E-state index < -0.39 is 10.8 Å². The van der Waals surface area contributed by atoms with E-state index in [0.29, 0.717) is 0 Å². The Labute approximate surface area is 222 Å². The normalized spacial score (nSPS) is 20.8. The fraction of sp³-hybridized carbons (Fsp3) is 0.0526. The number of fused-ring (bicyclic) bond motifs is 9. The van der Waals surface area contributed by atoms with Gasteiger partial charge in [-0.2, -0.15) is 0 Å². The van der Waals surface area contributed by atoms with Crippen LogP contribution in [0.25, 0.3) is 33.4 Å². The molecule has 3 aliphatic carbocycles. The molecule has 0 heteroatoms. The van der Waals surface area contributed by atoms with Gasteiger partial charge in [0.25, 0.3) is 0 Å². The van der Waals surface area contributed by atoms with Crippen molar-refractivity contribution in [3.63, 3.8) is 0 Å². The van der Waals surface area contributed by atoms with Gasteiger partial charge in [-0.3, -0.25) is 0 Å². The van der Waals surface area contributed by atoms with E-state index in [4.69, 9.17) is 0 Å². The molecule has 0 saturated heterocycles. The number of hydrogen-bond donors (Lipinski definition) is 0. The fourth-order valence-corrected chi connectivity index (χ4v) is 8.35. The van der Waals surface area contributed by atoms with Crippen LogP contribution in [0.15, 0.2) is 146 Å². The monoisotopic (exact) mass is 480 g/mol. The van der Waals surface area contributed by atoms with Crippen molar-refractivity contribution in [3.05, 3.63) is 179 Å². The highest BCUT2D eigenvalue weighted by atomic mass is 14.7. The molecular weight excluding hydrogens is 456 g/mol. The molecule has 0 saturated carbocycles. The van der Waals surface area contributed by atoms with Gasteiger partial charge in [0.15, 0.2) is 0 Å². The van der Waals surface area contributed by atoms with Gasteiger partial charge in [-0.25, -0.2) is 0 Å². The Bertz CT molecular complexity index is 1570. The second kappa shape index (κ2) is 7.00. The van der Waals surface area contributed by atoms with Crippen molar-refractivity contribution in [1.29, 1.82) is 0 Å². The maximum absolute atomic E-state index is 2.40. The summed E-state index contributed by atoms with van der Waals surface area (Å²) in [7, 11) is 0. The summed E-state index contributed by atoms with van der Waals surface area (Å²) in [6.07, 6.45) is 0. The van der Waals surface area contributed by atoms with Gasteiger partial charge in [0.1, 0.15) is 0 Å². The first kappa shape index (κ1) is 20.4. The van der Waals surface area contributed by atoms with Gasteiger partial charge in [0.05, 0.1) is 10.8 Å². The molecule has 0 amide bonds. The molecule has 0 fully saturated rings. The molecule has 0 bridgehead atoms. The van der Waals surface area contributed by atoms with Crippen molar-refractivity contribution in [2.75, 3.05) is 0 Å². The summed E-state index contributed by atoms with van der Waals surface area (Å²) in [5.74, 6) is 0. The lowest BCUT2D eigenvalue weighted by atomic mass is 9.38. The van der Waals surface area contributed by atoms with Crippen molar-refractivity contribution in [1.82, 2.24) is 0 Å². The Balaban J connectivity index is 1.67. The van der Waals surface area contributed by atoms with E-state index in [0.717, 1.165) is 0 Å². The van der Waals surface area contributed by atoms with Gasteiger partial charge in [-0.05, 0) is 66.8 Å². The second-order valence-corrected chi connectivity index (χ2v) is 10.8. The maximum atomic E-state index is 2.40. The smallest absolute Gasteiger partial charge is 0.0619 e.